The molecule has 2 aliphatic rings. The Hall–Kier alpha value is -2.86. The number of rotatable bonds is 7. The van der Waals surface area contributed by atoms with E-state index in [4.69, 9.17) is 9.72 Å². The van der Waals surface area contributed by atoms with Gasteiger partial charge in [-0.15, -0.1) is 0 Å². The van der Waals surface area contributed by atoms with Gasteiger partial charge in [-0.3, -0.25) is 4.90 Å². The topological polar surface area (TPSA) is 83.1 Å². The molecule has 1 aromatic carbocycles. The molecule has 39 heavy (non-hydrogen) atoms. The number of hydrogen-bond donors (Lipinski definition) is 0. The third-order valence-electron chi connectivity index (χ3n) is 7.51. The molecule has 214 valence electrons. The van der Waals surface area contributed by atoms with E-state index in [1.807, 2.05) is 19.9 Å². The van der Waals surface area contributed by atoms with Gasteiger partial charge in [0.2, 0.25) is 10.0 Å². The summed E-state index contributed by atoms with van der Waals surface area (Å²) in [6.45, 7) is 8.93. The number of alkyl halides is 3. The molecule has 0 unspecified atom stereocenters. The van der Waals surface area contributed by atoms with Gasteiger partial charge < -0.3 is 9.64 Å². The second-order valence-corrected chi connectivity index (χ2v) is 12.5. The monoisotopic (exact) mass is 568 g/mol. The van der Waals surface area contributed by atoms with E-state index in [1.54, 1.807) is 26.1 Å². The van der Waals surface area contributed by atoms with E-state index in [1.165, 1.54) is 15.5 Å². The average molecular weight is 569 g/mol. The maximum atomic E-state index is 13.4. The van der Waals surface area contributed by atoms with E-state index in [2.05, 4.69) is 4.90 Å². The molecule has 2 saturated heterocycles. The van der Waals surface area contributed by atoms with Gasteiger partial charge in [0.05, 0.1) is 24.4 Å². The minimum absolute atomic E-state index is 0.0748. The van der Waals surface area contributed by atoms with Crippen molar-refractivity contribution in [2.24, 2.45) is 0 Å². The maximum Gasteiger partial charge on any atom is 0.416 e. The van der Waals surface area contributed by atoms with Crippen LogP contribution in [-0.2, 0) is 27.5 Å². The van der Waals surface area contributed by atoms with Crippen molar-refractivity contribution >= 4 is 21.9 Å². The Labute approximate surface area is 227 Å². The van der Waals surface area contributed by atoms with Crippen LogP contribution in [0.3, 0.4) is 0 Å². The molecule has 12 heteroatoms. The normalized spacial score (nSPS) is 21.3. The molecule has 0 spiro atoms. The number of cyclic esters (lactones) is 1. The lowest BCUT2D eigenvalue weighted by molar-refractivity contribution is -0.137. The van der Waals surface area contributed by atoms with Crippen molar-refractivity contribution in [2.45, 2.75) is 71.4 Å². The number of carbonyl (C=O) groups is 1. The fourth-order valence-corrected chi connectivity index (χ4v) is 6.42. The highest BCUT2D eigenvalue weighted by Gasteiger charge is 2.42. The van der Waals surface area contributed by atoms with Gasteiger partial charge in [-0.2, -0.15) is 13.2 Å². The standard InChI is InChI=1S/C27H35F3N4O4S/c1-6-33(23-7-9-32(10-8-23)39(5,36)37)25-21(12-18(3)15-31-25)16-34-19(4)24(38-26(34)35)20-11-17(2)13-22(14-20)27(28,29)30/h11-15,19,23-24H,6-10,16H2,1-5H3/t19-,24-/m0/s1. The Morgan fingerprint density at radius 1 is 1.10 bits per heavy atom. The molecule has 2 fully saturated rings. The Bertz CT molecular complexity index is 1330. The molecule has 1 amide bonds. The molecule has 4 rings (SSSR count). The van der Waals surface area contributed by atoms with Crippen molar-refractivity contribution < 1.29 is 31.1 Å². The second kappa shape index (κ2) is 11.0. The van der Waals surface area contributed by atoms with Gasteiger partial charge >= 0.3 is 12.3 Å². The molecule has 1 aromatic heterocycles. The lowest BCUT2D eigenvalue weighted by Gasteiger charge is -2.39. The zero-order valence-corrected chi connectivity index (χ0v) is 23.6. The molecule has 8 nitrogen and oxygen atoms in total. The van der Waals surface area contributed by atoms with E-state index < -0.39 is 40.0 Å². The molecule has 0 saturated carbocycles. The number of halogens is 3. The van der Waals surface area contributed by atoms with E-state index in [-0.39, 0.29) is 12.6 Å². The SMILES string of the molecule is CCN(c1ncc(C)cc1CN1C(=O)O[C@H](c2cc(C)cc(C(F)(F)F)c2)[C@@H]1C)C1CCN(S(C)(=O)=O)CC1. The van der Waals surface area contributed by atoms with Crippen LogP contribution in [0.2, 0.25) is 0 Å². The summed E-state index contributed by atoms with van der Waals surface area (Å²) in [7, 11) is -3.25. The first-order valence-electron chi connectivity index (χ1n) is 13.0. The van der Waals surface area contributed by atoms with Crippen molar-refractivity contribution in [3.05, 3.63) is 58.3 Å². The summed E-state index contributed by atoms with van der Waals surface area (Å²) in [5.41, 5.74) is 1.67. The lowest BCUT2D eigenvalue weighted by atomic mass is 9.98. The molecule has 2 aliphatic heterocycles. The van der Waals surface area contributed by atoms with Crippen LogP contribution in [0.15, 0.2) is 30.5 Å². The number of ether oxygens (including phenoxy) is 1. The number of amides is 1. The van der Waals surface area contributed by atoms with Crippen molar-refractivity contribution in [1.29, 1.82) is 0 Å². The number of piperidine rings is 1. The predicted octanol–water partition coefficient (Wildman–Crippen LogP) is 5.05. The number of sulfonamides is 1. The smallest absolute Gasteiger partial charge is 0.416 e. The van der Waals surface area contributed by atoms with Crippen molar-refractivity contribution in [1.82, 2.24) is 14.2 Å². The fraction of sp³-hybridized carbons (Fsp3) is 0.556. The molecule has 0 aliphatic carbocycles. The van der Waals surface area contributed by atoms with Gasteiger partial charge in [0.25, 0.3) is 0 Å². The minimum Gasteiger partial charge on any atom is -0.439 e. The largest absolute Gasteiger partial charge is 0.439 e. The van der Waals surface area contributed by atoms with Crippen LogP contribution in [0.25, 0.3) is 0 Å². The minimum atomic E-state index is -4.50. The number of hydrogen-bond acceptors (Lipinski definition) is 6. The third kappa shape index (κ3) is 6.32. The molecule has 0 bridgehead atoms. The second-order valence-electron chi connectivity index (χ2n) is 10.5. The third-order valence-corrected chi connectivity index (χ3v) is 8.82. The van der Waals surface area contributed by atoms with Crippen LogP contribution in [0.5, 0.6) is 0 Å². The average Bonchev–Trinajstić information content (AvgIpc) is 3.13. The number of benzene rings is 1. The van der Waals surface area contributed by atoms with Crippen molar-refractivity contribution in [3.63, 3.8) is 0 Å². The van der Waals surface area contributed by atoms with Gasteiger partial charge in [-0.25, -0.2) is 22.5 Å². The maximum absolute atomic E-state index is 13.4. The number of carbonyl (C=O) groups excluding carboxylic acids is 1. The molecule has 2 atom stereocenters. The van der Waals surface area contributed by atoms with Crippen LogP contribution in [-0.4, -0.2) is 66.7 Å². The van der Waals surface area contributed by atoms with Gasteiger partial charge in [-0.05, 0) is 69.9 Å². The molecule has 0 radical (unpaired) electrons. The number of anilines is 1. The van der Waals surface area contributed by atoms with Crippen LogP contribution in [0.1, 0.15) is 60.6 Å². The summed E-state index contributed by atoms with van der Waals surface area (Å²) >= 11 is 0. The molecule has 0 N–H and O–H groups in total. The summed E-state index contributed by atoms with van der Waals surface area (Å²) in [6, 6.07) is 5.26. The highest BCUT2D eigenvalue weighted by atomic mass is 32.2. The summed E-state index contributed by atoms with van der Waals surface area (Å²) in [5, 5.41) is 0. The van der Waals surface area contributed by atoms with Crippen molar-refractivity contribution in [3.8, 4) is 0 Å². The summed E-state index contributed by atoms with van der Waals surface area (Å²) in [4.78, 5) is 21.4. The number of pyridine rings is 1. The van der Waals surface area contributed by atoms with Crippen LogP contribution < -0.4 is 4.90 Å². The number of aromatic nitrogens is 1. The number of aryl methyl sites for hydroxylation is 2. The molecular formula is C27H35F3N4O4S. The van der Waals surface area contributed by atoms with Gasteiger partial charge in [0.1, 0.15) is 11.9 Å². The zero-order valence-electron chi connectivity index (χ0n) is 22.8. The van der Waals surface area contributed by atoms with Crippen LogP contribution in [0, 0.1) is 13.8 Å². The van der Waals surface area contributed by atoms with E-state index in [0.29, 0.717) is 49.4 Å². The van der Waals surface area contributed by atoms with Gasteiger partial charge in [0.15, 0.2) is 0 Å². The molecular weight excluding hydrogens is 533 g/mol. The van der Waals surface area contributed by atoms with Crippen molar-refractivity contribution in [2.75, 3.05) is 30.8 Å². The number of nitrogens with zero attached hydrogens (tertiary/aromatic N) is 4. The Morgan fingerprint density at radius 2 is 1.77 bits per heavy atom. The van der Waals surface area contributed by atoms with Crippen LogP contribution >= 0.6 is 0 Å². The zero-order chi connectivity index (χ0) is 28.7. The summed E-state index contributed by atoms with van der Waals surface area (Å²) in [6.07, 6.45) is -1.68. The summed E-state index contributed by atoms with van der Waals surface area (Å²) < 4.78 is 71.3. The molecule has 2 aromatic rings. The predicted molar refractivity (Wildman–Crippen MR) is 142 cm³/mol. The van der Waals surface area contributed by atoms with E-state index in [9.17, 15) is 26.4 Å². The Balaban J connectivity index is 1.58. The lowest BCUT2D eigenvalue weighted by Crippen LogP contribution is -2.47. The quantitative estimate of drug-likeness (QED) is 0.465. The Kier molecular flexibility index (Phi) is 8.18. The molecule has 3 heterocycles. The van der Waals surface area contributed by atoms with Gasteiger partial charge in [-0.1, -0.05) is 11.6 Å². The highest BCUT2D eigenvalue weighted by Crippen LogP contribution is 2.38. The Morgan fingerprint density at radius 3 is 2.36 bits per heavy atom. The first-order chi connectivity index (χ1) is 18.2. The first-order valence-corrected chi connectivity index (χ1v) is 14.9. The summed E-state index contributed by atoms with van der Waals surface area (Å²) in [5.74, 6) is 0.708. The van der Waals surface area contributed by atoms with Gasteiger partial charge in [0, 0.05) is 37.4 Å². The first kappa shape index (κ1) is 29.1. The van der Waals surface area contributed by atoms with Crippen LogP contribution in [0.4, 0.5) is 23.8 Å². The van der Waals surface area contributed by atoms with E-state index >= 15 is 0 Å². The highest BCUT2D eigenvalue weighted by molar-refractivity contribution is 7.88. The fourth-order valence-electron chi connectivity index (χ4n) is 5.55. The van der Waals surface area contributed by atoms with E-state index in [0.717, 1.165) is 23.3 Å².